The Morgan fingerprint density at radius 1 is 0.576 bits per heavy atom. The number of aromatic hydroxyl groups is 2. The van der Waals surface area contributed by atoms with Crippen LogP contribution >= 0.6 is 0 Å². The van der Waals surface area contributed by atoms with Gasteiger partial charge in [0.05, 0.1) is 36.2 Å². The monoisotopic (exact) mass is 482 g/mol. The molecule has 0 spiro atoms. The summed E-state index contributed by atoms with van der Waals surface area (Å²) in [5, 5.41) is 21.0. The zero-order valence-electron chi connectivity index (χ0n) is 19.7. The molecule has 9 heteroatoms. The molecule has 2 rings (SSSR count). The van der Waals surface area contributed by atoms with Crippen molar-refractivity contribution in [2.75, 3.05) is 26.4 Å². The van der Waals surface area contributed by atoms with E-state index in [9.17, 15) is 18.6 Å². The largest absolute Gasteiger partial charge is 0.502 e. The summed E-state index contributed by atoms with van der Waals surface area (Å²) < 4.78 is 49.4. The molecule has 0 aliphatic heterocycles. The van der Waals surface area contributed by atoms with Gasteiger partial charge in [0.15, 0.2) is 23.0 Å². The molecule has 0 amide bonds. The molecule has 2 aromatic rings. The predicted octanol–water partition coefficient (Wildman–Crippen LogP) is 5.09. The summed E-state index contributed by atoms with van der Waals surface area (Å²) in [7, 11) is -4.10. The molecule has 0 unspecified atom stereocenters. The number of hydrogen-bond acceptors (Lipinski definition) is 8. The van der Waals surface area contributed by atoms with Crippen molar-refractivity contribution in [2.45, 2.75) is 63.2 Å². The third-order valence-corrected chi connectivity index (χ3v) is 6.21. The minimum absolute atomic E-state index is 0.0210. The number of ether oxygens (including phenoxy) is 4. The van der Waals surface area contributed by atoms with E-state index in [4.69, 9.17) is 18.9 Å². The van der Waals surface area contributed by atoms with Crippen LogP contribution in [0.25, 0.3) is 0 Å². The summed E-state index contributed by atoms with van der Waals surface area (Å²) in [5.41, 5.74) is 0. The molecular weight excluding hydrogens is 448 g/mol. The van der Waals surface area contributed by atoms with Crippen LogP contribution in [0.3, 0.4) is 0 Å². The van der Waals surface area contributed by atoms with Gasteiger partial charge in [-0.15, -0.1) is 0 Å². The third kappa shape index (κ3) is 6.60. The van der Waals surface area contributed by atoms with Gasteiger partial charge in [-0.1, -0.05) is 27.7 Å². The van der Waals surface area contributed by atoms with E-state index in [1.54, 1.807) is 0 Å². The van der Waals surface area contributed by atoms with E-state index < -0.39 is 9.84 Å². The number of hydrogen-bond donors (Lipinski definition) is 2. The number of sulfone groups is 1. The smallest absolute Gasteiger partial charge is 0.207 e. The van der Waals surface area contributed by atoms with Gasteiger partial charge in [-0.3, -0.25) is 0 Å². The standard InChI is InChI=1S/C24H34O8S/c1-5-9-29-19-13-17(14-20(23(19)25)30-10-6-2)33(27,28)18-15-21(31-11-7-3)24(26)22(16-18)32-12-8-4/h13-16,25-26H,5-12H2,1-4H3. The number of benzene rings is 2. The minimum Gasteiger partial charge on any atom is -0.502 e. The predicted molar refractivity (Wildman–Crippen MR) is 125 cm³/mol. The van der Waals surface area contributed by atoms with Crippen molar-refractivity contribution >= 4 is 9.84 Å². The second-order valence-electron chi connectivity index (χ2n) is 7.43. The van der Waals surface area contributed by atoms with E-state index in [1.807, 2.05) is 27.7 Å². The van der Waals surface area contributed by atoms with E-state index in [-0.39, 0.29) is 44.3 Å². The SMILES string of the molecule is CCCOc1cc(S(=O)(=O)c2cc(OCCC)c(O)c(OCCC)c2)cc(OCCC)c1O. The van der Waals surface area contributed by atoms with Crippen LogP contribution in [0.5, 0.6) is 34.5 Å². The highest BCUT2D eigenvalue weighted by atomic mass is 32.2. The molecule has 2 N–H and O–H groups in total. The molecule has 0 bridgehead atoms. The van der Waals surface area contributed by atoms with E-state index in [0.717, 1.165) is 0 Å². The van der Waals surface area contributed by atoms with Crippen molar-refractivity contribution in [3.63, 3.8) is 0 Å². The number of phenolic OH excluding ortho intramolecular Hbond substituents is 2. The second kappa shape index (κ2) is 12.4. The Morgan fingerprint density at radius 2 is 0.818 bits per heavy atom. The minimum atomic E-state index is -4.10. The lowest BCUT2D eigenvalue weighted by molar-refractivity contribution is 0.271. The molecular formula is C24H34O8S. The average molecular weight is 483 g/mol. The van der Waals surface area contributed by atoms with Crippen molar-refractivity contribution in [2.24, 2.45) is 0 Å². The molecule has 184 valence electrons. The first-order valence-electron chi connectivity index (χ1n) is 11.3. The Morgan fingerprint density at radius 3 is 1.03 bits per heavy atom. The molecule has 0 atom stereocenters. The Bertz CT molecular complexity index is 884. The molecule has 0 fully saturated rings. The number of rotatable bonds is 14. The third-order valence-electron chi connectivity index (χ3n) is 4.49. The fourth-order valence-corrected chi connectivity index (χ4v) is 4.17. The quantitative estimate of drug-likeness (QED) is 0.383. The molecule has 0 saturated carbocycles. The maximum absolute atomic E-state index is 13.6. The van der Waals surface area contributed by atoms with Crippen molar-refractivity contribution in [1.29, 1.82) is 0 Å². The van der Waals surface area contributed by atoms with Crippen LogP contribution in [-0.4, -0.2) is 45.1 Å². The maximum atomic E-state index is 13.6. The Balaban J connectivity index is 2.63. The topological polar surface area (TPSA) is 112 Å². The lowest BCUT2D eigenvalue weighted by Crippen LogP contribution is -2.07. The summed E-state index contributed by atoms with van der Waals surface area (Å²) in [6.45, 7) is 8.80. The van der Waals surface area contributed by atoms with Gasteiger partial charge in [-0.2, -0.15) is 0 Å². The summed E-state index contributed by atoms with van der Waals surface area (Å²) >= 11 is 0. The highest BCUT2D eigenvalue weighted by molar-refractivity contribution is 7.91. The second-order valence-corrected chi connectivity index (χ2v) is 9.38. The van der Waals surface area contributed by atoms with E-state index in [1.165, 1.54) is 24.3 Å². The molecule has 0 saturated heterocycles. The summed E-state index contributed by atoms with van der Waals surface area (Å²) in [6.07, 6.45) is 2.71. The summed E-state index contributed by atoms with van der Waals surface area (Å²) in [5.74, 6) is -0.415. The normalized spacial score (nSPS) is 11.3. The zero-order valence-corrected chi connectivity index (χ0v) is 20.5. The van der Waals surface area contributed by atoms with Gasteiger partial charge in [-0.05, 0) is 25.7 Å². The molecule has 0 heterocycles. The van der Waals surface area contributed by atoms with Crippen LogP contribution in [0.1, 0.15) is 53.4 Å². The lowest BCUT2D eigenvalue weighted by Gasteiger charge is -2.17. The summed E-state index contributed by atoms with van der Waals surface area (Å²) in [6, 6.07) is 5.08. The van der Waals surface area contributed by atoms with Gasteiger partial charge in [0.25, 0.3) is 0 Å². The van der Waals surface area contributed by atoms with Gasteiger partial charge in [-0.25, -0.2) is 8.42 Å². The van der Waals surface area contributed by atoms with Gasteiger partial charge in [0.2, 0.25) is 21.3 Å². The first kappa shape index (κ1) is 26.4. The van der Waals surface area contributed by atoms with Gasteiger partial charge in [0.1, 0.15) is 0 Å². The van der Waals surface area contributed by atoms with Crippen LogP contribution in [0.4, 0.5) is 0 Å². The first-order chi connectivity index (χ1) is 15.8. The highest BCUT2D eigenvalue weighted by Gasteiger charge is 2.26. The molecule has 0 aliphatic rings. The van der Waals surface area contributed by atoms with E-state index in [0.29, 0.717) is 52.1 Å². The fourth-order valence-electron chi connectivity index (χ4n) is 2.85. The van der Waals surface area contributed by atoms with Gasteiger partial charge in [0, 0.05) is 24.3 Å². The zero-order chi connectivity index (χ0) is 24.4. The maximum Gasteiger partial charge on any atom is 0.207 e. The molecule has 2 aromatic carbocycles. The van der Waals surface area contributed by atoms with Crippen molar-refractivity contribution in [3.05, 3.63) is 24.3 Å². The van der Waals surface area contributed by atoms with Crippen molar-refractivity contribution in [1.82, 2.24) is 0 Å². The summed E-state index contributed by atoms with van der Waals surface area (Å²) in [4.78, 5) is -0.239. The van der Waals surface area contributed by atoms with Gasteiger partial charge < -0.3 is 29.2 Å². The Kier molecular flexibility index (Phi) is 9.96. The van der Waals surface area contributed by atoms with Crippen LogP contribution in [-0.2, 0) is 9.84 Å². The molecule has 0 radical (unpaired) electrons. The number of phenols is 2. The van der Waals surface area contributed by atoms with Crippen LogP contribution in [0.15, 0.2) is 34.1 Å². The van der Waals surface area contributed by atoms with E-state index in [2.05, 4.69) is 0 Å². The Hall–Kier alpha value is -2.81. The van der Waals surface area contributed by atoms with Crippen LogP contribution in [0.2, 0.25) is 0 Å². The average Bonchev–Trinajstić information content (AvgIpc) is 2.80. The molecule has 0 aliphatic carbocycles. The lowest BCUT2D eigenvalue weighted by atomic mass is 10.3. The van der Waals surface area contributed by atoms with Gasteiger partial charge >= 0.3 is 0 Å². The van der Waals surface area contributed by atoms with Crippen molar-refractivity contribution < 1.29 is 37.6 Å². The van der Waals surface area contributed by atoms with Crippen LogP contribution < -0.4 is 18.9 Å². The fraction of sp³-hybridized carbons (Fsp3) is 0.500. The molecule has 0 aromatic heterocycles. The highest BCUT2D eigenvalue weighted by Crippen LogP contribution is 2.43. The first-order valence-corrected chi connectivity index (χ1v) is 12.8. The molecule has 33 heavy (non-hydrogen) atoms. The molecule has 8 nitrogen and oxygen atoms in total. The van der Waals surface area contributed by atoms with Crippen LogP contribution in [0, 0.1) is 0 Å². The van der Waals surface area contributed by atoms with Crippen molar-refractivity contribution in [3.8, 4) is 34.5 Å². The Labute approximate surface area is 196 Å². The van der Waals surface area contributed by atoms with E-state index >= 15 is 0 Å².